The Balaban J connectivity index is 1.49. The molecule has 0 aliphatic carbocycles. The minimum absolute atomic E-state index is 0.126. The van der Waals surface area contributed by atoms with Gasteiger partial charge < -0.3 is 10.1 Å². The molecule has 28 heavy (non-hydrogen) atoms. The van der Waals surface area contributed by atoms with Gasteiger partial charge in [-0.2, -0.15) is 0 Å². The smallest absolute Gasteiger partial charge is 0.230 e. The maximum Gasteiger partial charge on any atom is 0.230 e. The normalized spacial score (nSPS) is 10.7. The Morgan fingerprint density at radius 2 is 2.07 bits per heavy atom. The fourth-order valence-electron chi connectivity index (χ4n) is 2.48. The van der Waals surface area contributed by atoms with Crippen molar-refractivity contribution in [3.63, 3.8) is 0 Å². The van der Waals surface area contributed by atoms with Gasteiger partial charge in [-0.25, -0.2) is 9.37 Å². The van der Waals surface area contributed by atoms with Gasteiger partial charge in [0, 0.05) is 11.6 Å². The van der Waals surface area contributed by atoms with Crippen molar-refractivity contribution in [2.45, 2.75) is 11.6 Å². The molecule has 2 aromatic carbocycles. The molecule has 0 saturated heterocycles. The third kappa shape index (κ3) is 5.46. The predicted octanol–water partition coefficient (Wildman–Crippen LogP) is 3.72. The summed E-state index contributed by atoms with van der Waals surface area (Å²) in [6.07, 6.45) is 0.635. The second kappa shape index (κ2) is 9.57. The molecule has 0 saturated carbocycles. The zero-order chi connectivity index (χ0) is 19.9. The molecule has 2 N–H and O–H groups in total. The van der Waals surface area contributed by atoms with Crippen LogP contribution in [-0.2, 0) is 11.2 Å². The van der Waals surface area contributed by atoms with E-state index in [9.17, 15) is 9.18 Å². The predicted molar refractivity (Wildman–Crippen MR) is 107 cm³/mol. The van der Waals surface area contributed by atoms with E-state index in [1.807, 2.05) is 0 Å². The molecule has 1 amide bonds. The van der Waals surface area contributed by atoms with Gasteiger partial charge in [-0.1, -0.05) is 35.5 Å². The molecule has 0 radical (unpaired) electrons. The number of aromatic nitrogens is 3. The largest absolute Gasteiger partial charge is 0.496 e. The van der Waals surface area contributed by atoms with Crippen molar-refractivity contribution >= 4 is 29.3 Å². The quantitative estimate of drug-likeness (QED) is 0.543. The number of benzene rings is 2. The monoisotopic (exact) mass is 420 g/mol. The number of hydrogen-bond acceptors (Lipinski definition) is 5. The van der Waals surface area contributed by atoms with Crippen molar-refractivity contribution in [3.8, 4) is 17.1 Å². The number of H-pyrrole nitrogens is 1. The van der Waals surface area contributed by atoms with Gasteiger partial charge in [-0.3, -0.25) is 9.89 Å². The van der Waals surface area contributed by atoms with E-state index in [-0.39, 0.29) is 17.5 Å². The van der Waals surface area contributed by atoms with Crippen LogP contribution in [-0.4, -0.2) is 40.5 Å². The number of thioether (sulfide) groups is 1. The average Bonchev–Trinajstić information content (AvgIpc) is 3.17. The summed E-state index contributed by atoms with van der Waals surface area (Å²) in [6.45, 7) is 0.476. The first-order valence-electron chi connectivity index (χ1n) is 8.45. The second-order valence-corrected chi connectivity index (χ2v) is 7.21. The summed E-state index contributed by atoms with van der Waals surface area (Å²) in [7, 11) is 1.56. The molecule has 1 aromatic heterocycles. The van der Waals surface area contributed by atoms with Crippen LogP contribution in [0.2, 0.25) is 5.02 Å². The van der Waals surface area contributed by atoms with Crippen LogP contribution < -0.4 is 10.1 Å². The number of hydrogen-bond donors (Lipinski definition) is 2. The summed E-state index contributed by atoms with van der Waals surface area (Å²) in [5.74, 6) is 0.923. The van der Waals surface area contributed by atoms with E-state index in [0.29, 0.717) is 40.3 Å². The lowest BCUT2D eigenvalue weighted by Crippen LogP contribution is -2.27. The number of ether oxygens (including phenoxy) is 1. The SMILES string of the molecule is COc1ccc(Cl)cc1-c1nc(SCC(=O)NCCc2ccc(F)cc2)n[nH]1. The van der Waals surface area contributed by atoms with Crippen LogP contribution in [0, 0.1) is 5.82 Å². The Morgan fingerprint density at radius 3 is 2.82 bits per heavy atom. The maximum atomic E-state index is 12.9. The third-order valence-corrected chi connectivity index (χ3v) is 4.95. The molecule has 0 aliphatic rings. The molecule has 9 heteroatoms. The summed E-state index contributed by atoms with van der Waals surface area (Å²) in [5, 5.41) is 10.8. The molecular weight excluding hydrogens is 403 g/mol. The molecule has 146 valence electrons. The summed E-state index contributed by atoms with van der Waals surface area (Å²) in [4.78, 5) is 16.4. The number of rotatable bonds is 8. The van der Waals surface area contributed by atoms with E-state index in [4.69, 9.17) is 16.3 Å². The topological polar surface area (TPSA) is 79.9 Å². The lowest BCUT2D eigenvalue weighted by molar-refractivity contribution is -0.118. The first-order valence-corrected chi connectivity index (χ1v) is 9.82. The first-order chi connectivity index (χ1) is 13.5. The lowest BCUT2D eigenvalue weighted by Gasteiger charge is -2.05. The zero-order valence-electron chi connectivity index (χ0n) is 15.0. The minimum atomic E-state index is -0.273. The molecule has 0 aliphatic heterocycles. The molecular formula is C19H18ClFN4O2S. The molecule has 0 fully saturated rings. The van der Waals surface area contributed by atoms with E-state index in [0.717, 1.165) is 5.56 Å². The fourth-order valence-corrected chi connectivity index (χ4v) is 3.28. The number of nitrogens with zero attached hydrogens (tertiary/aromatic N) is 2. The molecule has 0 atom stereocenters. The van der Waals surface area contributed by atoms with E-state index in [2.05, 4.69) is 20.5 Å². The van der Waals surface area contributed by atoms with Gasteiger partial charge in [0.25, 0.3) is 0 Å². The second-order valence-electron chi connectivity index (χ2n) is 5.83. The Labute approximate surface area is 170 Å². The van der Waals surface area contributed by atoms with Gasteiger partial charge >= 0.3 is 0 Å². The average molecular weight is 421 g/mol. The number of nitrogens with one attached hydrogen (secondary N) is 2. The number of amides is 1. The summed E-state index contributed by atoms with van der Waals surface area (Å²) in [6, 6.07) is 11.4. The van der Waals surface area contributed by atoms with Crippen LogP contribution in [0.1, 0.15) is 5.56 Å². The number of carbonyl (C=O) groups excluding carboxylic acids is 1. The van der Waals surface area contributed by atoms with Crippen molar-refractivity contribution in [3.05, 3.63) is 58.9 Å². The van der Waals surface area contributed by atoms with Gasteiger partial charge in [0.2, 0.25) is 11.1 Å². The molecule has 0 spiro atoms. The van der Waals surface area contributed by atoms with Crippen molar-refractivity contribution in [1.29, 1.82) is 0 Å². The van der Waals surface area contributed by atoms with E-state index >= 15 is 0 Å². The number of carbonyl (C=O) groups is 1. The number of halogens is 2. The van der Waals surface area contributed by atoms with Crippen LogP contribution in [0.15, 0.2) is 47.6 Å². The van der Waals surface area contributed by atoms with Crippen molar-refractivity contribution in [2.24, 2.45) is 0 Å². The van der Waals surface area contributed by atoms with E-state index in [1.165, 1.54) is 23.9 Å². The van der Waals surface area contributed by atoms with Gasteiger partial charge in [-0.05, 0) is 42.3 Å². The molecule has 1 heterocycles. The standard InChI is InChI=1S/C19H18ClFN4O2S/c1-27-16-7-4-13(20)10-15(16)18-23-19(25-24-18)28-11-17(26)22-9-8-12-2-5-14(21)6-3-12/h2-7,10H,8-9,11H2,1H3,(H,22,26)(H,23,24,25). The third-order valence-electron chi connectivity index (χ3n) is 3.86. The highest BCUT2D eigenvalue weighted by Gasteiger charge is 2.13. The highest BCUT2D eigenvalue weighted by atomic mass is 35.5. The fraction of sp³-hybridized carbons (Fsp3) is 0.211. The molecule has 3 rings (SSSR count). The van der Waals surface area contributed by atoms with Gasteiger partial charge in [0.05, 0.1) is 18.4 Å². The van der Waals surface area contributed by atoms with Gasteiger partial charge in [0.1, 0.15) is 11.6 Å². The summed E-state index contributed by atoms with van der Waals surface area (Å²) in [5.41, 5.74) is 1.65. The van der Waals surface area contributed by atoms with Crippen LogP contribution in [0.3, 0.4) is 0 Å². The molecule has 3 aromatic rings. The van der Waals surface area contributed by atoms with Crippen molar-refractivity contribution in [2.75, 3.05) is 19.4 Å². The Morgan fingerprint density at radius 1 is 1.29 bits per heavy atom. The Bertz CT molecular complexity index is 949. The van der Waals surface area contributed by atoms with Crippen LogP contribution >= 0.6 is 23.4 Å². The van der Waals surface area contributed by atoms with Gasteiger partial charge in [0.15, 0.2) is 5.82 Å². The summed E-state index contributed by atoms with van der Waals surface area (Å²) < 4.78 is 18.2. The van der Waals surface area contributed by atoms with Crippen LogP contribution in [0.4, 0.5) is 4.39 Å². The van der Waals surface area contributed by atoms with Crippen molar-refractivity contribution in [1.82, 2.24) is 20.5 Å². The van der Waals surface area contributed by atoms with Crippen LogP contribution in [0.5, 0.6) is 5.75 Å². The van der Waals surface area contributed by atoms with Crippen LogP contribution in [0.25, 0.3) is 11.4 Å². The van der Waals surface area contributed by atoms with Crippen molar-refractivity contribution < 1.29 is 13.9 Å². The number of aromatic amines is 1. The van der Waals surface area contributed by atoms with E-state index in [1.54, 1.807) is 37.4 Å². The summed E-state index contributed by atoms with van der Waals surface area (Å²) >= 11 is 7.26. The molecule has 0 unspecified atom stereocenters. The molecule has 6 nitrogen and oxygen atoms in total. The first kappa shape index (κ1) is 20.2. The zero-order valence-corrected chi connectivity index (χ0v) is 16.6. The molecule has 0 bridgehead atoms. The Hall–Kier alpha value is -2.58. The maximum absolute atomic E-state index is 12.9. The Kier molecular flexibility index (Phi) is 6.89. The minimum Gasteiger partial charge on any atom is -0.496 e. The van der Waals surface area contributed by atoms with E-state index < -0.39 is 0 Å². The lowest BCUT2D eigenvalue weighted by atomic mass is 10.1. The number of methoxy groups -OCH3 is 1. The highest BCUT2D eigenvalue weighted by Crippen LogP contribution is 2.31. The highest BCUT2D eigenvalue weighted by molar-refractivity contribution is 7.99. The van der Waals surface area contributed by atoms with Gasteiger partial charge in [-0.15, -0.1) is 5.10 Å².